The first-order chi connectivity index (χ1) is 11.9. The molecule has 0 aromatic carbocycles. The lowest BCUT2D eigenvalue weighted by molar-refractivity contribution is -0.105. The first-order valence-electron chi connectivity index (χ1n) is 9.62. The van der Waals surface area contributed by atoms with E-state index in [1.807, 2.05) is 0 Å². The number of fused-ring (bicyclic) bond motifs is 2. The third-order valence-corrected chi connectivity index (χ3v) is 7.14. The van der Waals surface area contributed by atoms with Crippen LogP contribution in [0.5, 0.6) is 0 Å². The second-order valence-corrected chi connectivity index (χ2v) is 8.72. The number of ether oxygens (including phenoxy) is 1. The molecule has 1 aromatic heterocycles. The summed E-state index contributed by atoms with van der Waals surface area (Å²) in [6, 6.07) is 0.263. The number of hydrogen-bond donors (Lipinski definition) is 2. The van der Waals surface area contributed by atoms with Crippen molar-refractivity contribution in [1.82, 2.24) is 9.78 Å². The number of nitrogens with one attached hydrogen (secondary N) is 2. The molecule has 2 unspecified atom stereocenters. The molecular weight excluding hydrogens is 318 g/mol. The SMILES string of the molecule is C[C@H]1C(Nc2c[nH]n(C3CCCCO3)c(=O)c2=O)C[C@@H]2C[C@H]1C2(C)C. The highest BCUT2D eigenvalue weighted by molar-refractivity contribution is 5.41. The van der Waals surface area contributed by atoms with Gasteiger partial charge in [-0.05, 0) is 55.3 Å². The second kappa shape index (κ2) is 6.01. The maximum atomic E-state index is 12.6. The topological polar surface area (TPSA) is 76.1 Å². The third-order valence-electron chi connectivity index (χ3n) is 7.14. The van der Waals surface area contributed by atoms with Crippen LogP contribution in [0.15, 0.2) is 15.8 Å². The molecule has 0 spiro atoms. The molecule has 5 atom stereocenters. The van der Waals surface area contributed by atoms with Gasteiger partial charge in [0.05, 0.1) is 0 Å². The number of hydrogen-bond acceptors (Lipinski definition) is 4. The fourth-order valence-electron chi connectivity index (χ4n) is 5.27. The predicted molar refractivity (Wildman–Crippen MR) is 96.7 cm³/mol. The van der Waals surface area contributed by atoms with Gasteiger partial charge in [0.2, 0.25) is 0 Å². The number of anilines is 1. The highest BCUT2D eigenvalue weighted by Gasteiger charge is 2.56. The van der Waals surface area contributed by atoms with Crippen LogP contribution < -0.4 is 16.3 Å². The lowest BCUT2D eigenvalue weighted by Gasteiger charge is -2.62. The Labute approximate surface area is 147 Å². The summed E-state index contributed by atoms with van der Waals surface area (Å²) in [6.45, 7) is 7.62. The van der Waals surface area contributed by atoms with E-state index in [0.29, 0.717) is 35.5 Å². The second-order valence-electron chi connectivity index (χ2n) is 8.72. The average Bonchev–Trinajstić information content (AvgIpc) is 2.61. The fourth-order valence-corrected chi connectivity index (χ4v) is 5.27. The lowest BCUT2D eigenvalue weighted by Crippen LogP contribution is -2.58. The summed E-state index contributed by atoms with van der Waals surface area (Å²) in [5.41, 5.74) is -0.177. The molecule has 2 heterocycles. The van der Waals surface area contributed by atoms with Crippen molar-refractivity contribution >= 4 is 5.69 Å². The summed E-state index contributed by atoms with van der Waals surface area (Å²) in [5, 5.41) is 6.35. The molecule has 6 nitrogen and oxygen atoms in total. The molecule has 0 radical (unpaired) electrons. The van der Waals surface area contributed by atoms with E-state index in [4.69, 9.17) is 4.74 Å². The Hall–Kier alpha value is -1.56. The Morgan fingerprint density at radius 2 is 2.08 bits per heavy atom. The van der Waals surface area contributed by atoms with Crippen molar-refractivity contribution in [3.05, 3.63) is 26.8 Å². The highest BCUT2D eigenvalue weighted by atomic mass is 16.5. The first-order valence-corrected chi connectivity index (χ1v) is 9.62. The molecule has 0 amide bonds. The molecule has 6 heteroatoms. The zero-order valence-corrected chi connectivity index (χ0v) is 15.4. The maximum absolute atomic E-state index is 12.6. The molecule has 138 valence electrons. The van der Waals surface area contributed by atoms with Crippen LogP contribution in [0, 0.1) is 23.2 Å². The Morgan fingerprint density at radius 3 is 2.72 bits per heavy atom. The van der Waals surface area contributed by atoms with Gasteiger partial charge in [-0.3, -0.25) is 14.7 Å². The van der Waals surface area contributed by atoms with Crippen molar-refractivity contribution in [1.29, 1.82) is 0 Å². The zero-order valence-electron chi connectivity index (χ0n) is 15.4. The normalized spacial score (nSPS) is 36.5. The van der Waals surface area contributed by atoms with Crippen LogP contribution >= 0.6 is 0 Å². The van der Waals surface area contributed by atoms with Gasteiger partial charge in [0, 0.05) is 18.8 Å². The van der Waals surface area contributed by atoms with Gasteiger partial charge >= 0.3 is 5.56 Å². The summed E-state index contributed by atoms with van der Waals surface area (Å²) in [7, 11) is 0. The van der Waals surface area contributed by atoms with Gasteiger partial charge < -0.3 is 10.1 Å². The van der Waals surface area contributed by atoms with Crippen molar-refractivity contribution in [2.45, 2.75) is 65.1 Å². The third kappa shape index (κ3) is 2.65. The Morgan fingerprint density at radius 1 is 1.28 bits per heavy atom. The minimum Gasteiger partial charge on any atom is -0.377 e. The largest absolute Gasteiger partial charge is 0.377 e. The minimum atomic E-state index is -0.522. The van der Waals surface area contributed by atoms with Gasteiger partial charge in [0.1, 0.15) is 5.69 Å². The van der Waals surface area contributed by atoms with Crippen molar-refractivity contribution < 1.29 is 4.74 Å². The molecule has 4 aliphatic rings. The van der Waals surface area contributed by atoms with E-state index in [1.54, 1.807) is 6.20 Å². The summed E-state index contributed by atoms with van der Waals surface area (Å²) < 4.78 is 6.97. The van der Waals surface area contributed by atoms with E-state index >= 15 is 0 Å². The zero-order chi connectivity index (χ0) is 17.8. The molecule has 1 saturated heterocycles. The van der Waals surface area contributed by atoms with Crippen molar-refractivity contribution in [2.24, 2.45) is 23.2 Å². The van der Waals surface area contributed by atoms with Gasteiger partial charge in [-0.1, -0.05) is 20.8 Å². The number of aromatic nitrogens is 2. The van der Waals surface area contributed by atoms with Gasteiger partial charge in [0.15, 0.2) is 6.23 Å². The molecule has 2 bridgehead atoms. The molecule has 1 aromatic rings. The van der Waals surface area contributed by atoms with Gasteiger partial charge in [-0.2, -0.15) is 0 Å². The summed E-state index contributed by atoms with van der Waals surface area (Å²) >= 11 is 0. The van der Waals surface area contributed by atoms with E-state index in [0.717, 1.165) is 25.7 Å². The molecule has 1 aliphatic heterocycles. The van der Waals surface area contributed by atoms with Crippen LogP contribution in [-0.2, 0) is 4.74 Å². The highest BCUT2D eigenvalue weighted by Crippen LogP contribution is 2.61. The van der Waals surface area contributed by atoms with Gasteiger partial charge in [0.25, 0.3) is 5.43 Å². The van der Waals surface area contributed by atoms with Crippen LogP contribution in [0.1, 0.15) is 59.1 Å². The van der Waals surface area contributed by atoms with Crippen LogP contribution in [0.25, 0.3) is 0 Å². The molecule has 3 saturated carbocycles. The molecule has 5 rings (SSSR count). The monoisotopic (exact) mass is 347 g/mol. The van der Waals surface area contributed by atoms with Crippen molar-refractivity contribution in [3.8, 4) is 0 Å². The van der Waals surface area contributed by atoms with Crippen LogP contribution in [0.2, 0.25) is 0 Å². The minimum absolute atomic E-state index is 0.263. The molecular formula is C19H29N3O3. The van der Waals surface area contributed by atoms with E-state index in [1.165, 1.54) is 11.1 Å². The molecule has 25 heavy (non-hydrogen) atoms. The summed E-state index contributed by atoms with van der Waals surface area (Å²) in [6.07, 6.45) is 6.44. The number of rotatable bonds is 3. The lowest BCUT2D eigenvalue weighted by atomic mass is 9.45. The van der Waals surface area contributed by atoms with E-state index in [2.05, 4.69) is 31.2 Å². The van der Waals surface area contributed by atoms with Crippen molar-refractivity contribution in [3.63, 3.8) is 0 Å². The summed E-state index contributed by atoms with van der Waals surface area (Å²) in [4.78, 5) is 25.0. The molecule has 2 N–H and O–H groups in total. The Kier molecular flexibility index (Phi) is 4.06. The van der Waals surface area contributed by atoms with Gasteiger partial charge in [-0.25, -0.2) is 4.68 Å². The fraction of sp³-hybridized carbons (Fsp3) is 0.789. The van der Waals surface area contributed by atoms with Crippen LogP contribution in [0.3, 0.4) is 0 Å². The van der Waals surface area contributed by atoms with Crippen molar-refractivity contribution in [2.75, 3.05) is 11.9 Å². The van der Waals surface area contributed by atoms with Crippen LogP contribution in [0.4, 0.5) is 5.69 Å². The van der Waals surface area contributed by atoms with E-state index < -0.39 is 11.0 Å². The molecule has 3 aliphatic carbocycles. The average molecular weight is 347 g/mol. The van der Waals surface area contributed by atoms with E-state index in [-0.39, 0.29) is 12.3 Å². The summed E-state index contributed by atoms with van der Waals surface area (Å²) in [5.74, 6) is 1.91. The quantitative estimate of drug-likeness (QED) is 0.824. The Bertz CT molecular complexity index is 760. The molecule has 4 fully saturated rings. The van der Waals surface area contributed by atoms with Gasteiger partial charge in [-0.15, -0.1) is 0 Å². The van der Waals surface area contributed by atoms with E-state index in [9.17, 15) is 9.59 Å². The first kappa shape index (κ1) is 16.9. The number of nitrogens with zero attached hydrogens (tertiary/aromatic N) is 1. The number of H-pyrrole nitrogens is 1. The maximum Gasteiger partial charge on any atom is 0.317 e. The Balaban J connectivity index is 1.53. The number of aromatic amines is 1. The van der Waals surface area contributed by atoms with Crippen LogP contribution in [-0.4, -0.2) is 22.4 Å². The smallest absolute Gasteiger partial charge is 0.317 e. The standard InChI is InChI=1S/C19H29N3O3/c1-11-13-8-12(19(13,2)3)9-14(11)21-15-10-20-22(18(24)17(15)23)16-6-4-5-7-25-16/h10-14,16,20-21H,4-9H2,1-3H3/t11-,12+,13-,14?,16?/m1/s1. The predicted octanol–water partition coefficient (Wildman–Crippen LogP) is 2.72.